The molecule has 1 atom stereocenters. The van der Waals surface area contributed by atoms with Crippen LogP contribution in [0.4, 0.5) is 5.95 Å². The van der Waals surface area contributed by atoms with Gasteiger partial charge in [0.05, 0.1) is 17.0 Å². The van der Waals surface area contributed by atoms with Crippen LogP contribution in [0.3, 0.4) is 0 Å². The molecule has 1 unspecified atom stereocenters. The Balaban J connectivity index is 2.67. The summed E-state index contributed by atoms with van der Waals surface area (Å²) in [6.07, 6.45) is 1.10. The number of ether oxygens (including phenoxy) is 1. The number of nitrogen functional groups attached to an aromatic ring is 1. The first-order chi connectivity index (χ1) is 9.77. The number of para-hydroxylation sites is 1. The molecule has 2 N–H and O–H groups in total. The summed E-state index contributed by atoms with van der Waals surface area (Å²) in [6.45, 7) is 3.59. The van der Waals surface area contributed by atoms with E-state index in [-0.39, 0.29) is 23.0 Å². The minimum Gasteiger partial charge on any atom is -0.464 e. The Morgan fingerprint density at radius 3 is 2.71 bits per heavy atom. The molecule has 1 aromatic carbocycles. The second kappa shape index (κ2) is 5.36. The number of esters is 1. The van der Waals surface area contributed by atoms with Gasteiger partial charge in [0, 0.05) is 6.26 Å². The topological polar surface area (TPSA) is 104 Å². The number of hydrogen-bond donors (Lipinski definition) is 1. The molecular weight excluding hydrogens is 294 g/mol. The Morgan fingerprint density at radius 2 is 2.14 bits per heavy atom. The number of benzene rings is 1. The summed E-state index contributed by atoms with van der Waals surface area (Å²) in [7, 11) is -3.44. The highest BCUT2D eigenvalue weighted by Gasteiger charge is 2.24. The van der Waals surface area contributed by atoms with Crippen LogP contribution in [0, 0.1) is 0 Å². The molecule has 1 heterocycles. The maximum absolute atomic E-state index is 11.9. The highest BCUT2D eigenvalue weighted by Crippen LogP contribution is 2.28. The van der Waals surface area contributed by atoms with Crippen molar-refractivity contribution < 1.29 is 17.9 Å². The van der Waals surface area contributed by atoms with Crippen molar-refractivity contribution in [1.82, 2.24) is 9.55 Å². The molecule has 7 nitrogen and oxygen atoms in total. The standard InChI is InChI=1S/C13H17N3O4S/c1-4-20-12(17)8(2)16-9-6-5-7-10(21(3,18)19)11(9)15-13(16)14/h5-8H,4H2,1-3H3,(H2,14,15). The molecule has 8 heteroatoms. The van der Waals surface area contributed by atoms with Gasteiger partial charge in [0.15, 0.2) is 9.84 Å². The van der Waals surface area contributed by atoms with E-state index in [1.807, 2.05) is 0 Å². The fourth-order valence-corrected chi connectivity index (χ4v) is 3.01. The molecule has 2 aromatic rings. The van der Waals surface area contributed by atoms with Crippen molar-refractivity contribution in [1.29, 1.82) is 0 Å². The maximum Gasteiger partial charge on any atom is 0.328 e. The van der Waals surface area contributed by atoms with E-state index in [1.165, 1.54) is 10.6 Å². The molecule has 0 saturated carbocycles. The molecular formula is C13H17N3O4S. The number of nitrogens with two attached hydrogens (primary N) is 1. The Hall–Kier alpha value is -2.09. The first kappa shape index (κ1) is 15.3. The molecule has 0 aliphatic carbocycles. The van der Waals surface area contributed by atoms with Crippen molar-refractivity contribution in [3.63, 3.8) is 0 Å². The van der Waals surface area contributed by atoms with Crippen molar-refractivity contribution in [3.8, 4) is 0 Å². The average molecular weight is 311 g/mol. The number of hydrogen-bond acceptors (Lipinski definition) is 6. The van der Waals surface area contributed by atoms with Gasteiger partial charge in [-0.25, -0.2) is 18.2 Å². The number of carbonyl (C=O) groups is 1. The molecule has 114 valence electrons. The lowest BCUT2D eigenvalue weighted by Gasteiger charge is -2.14. The van der Waals surface area contributed by atoms with E-state index in [1.54, 1.807) is 26.0 Å². The zero-order valence-electron chi connectivity index (χ0n) is 12.0. The maximum atomic E-state index is 11.9. The quantitative estimate of drug-likeness (QED) is 0.849. The third-order valence-corrected chi connectivity index (χ3v) is 4.25. The van der Waals surface area contributed by atoms with E-state index in [2.05, 4.69) is 4.98 Å². The number of aromatic nitrogens is 2. The highest BCUT2D eigenvalue weighted by atomic mass is 32.2. The lowest BCUT2D eigenvalue weighted by molar-refractivity contribution is -0.146. The third-order valence-electron chi connectivity index (χ3n) is 3.12. The molecule has 0 aliphatic heterocycles. The Labute approximate surface area is 122 Å². The van der Waals surface area contributed by atoms with E-state index in [4.69, 9.17) is 10.5 Å². The number of imidazole rings is 1. The van der Waals surface area contributed by atoms with E-state index in [0.29, 0.717) is 5.52 Å². The van der Waals surface area contributed by atoms with Gasteiger partial charge in [-0.15, -0.1) is 0 Å². The van der Waals surface area contributed by atoms with Gasteiger partial charge in [0.1, 0.15) is 11.6 Å². The van der Waals surface area contributed by atoms with Crippen LogP contribution < -0.4 is 5.73 Å². The van der Waals surface area contributed by atoms with Gasteiger partial charge in [-0.2, -0.15) is 0 Å². The Morgan fingerprint density at radius 1 is 1.48 bits per heavy atom. The van der Waals surface area contributed by atoms with Crippen LogP contribution in [0.5, 0.6) is 0 Å². The fraction of sp³-hybridized carbons (Fsp3) is 0.385. The number of sulfone groups is 1. The van der Waals surface area contributed by atoms with Gasteiger partial charge in [0.2, 0.25) is 5.95 Å². The van der Waals surface area contributed by atoms with Crippen molar-refractivity contribution >= 4 is 32.8 Å². The Bertz CT molecular complexity index is 795. The third kappa shape index (κ3) is 2.71. The number of rotatable bonds is 4. The molecule has 1 aromatic heterocycles. The molecule has 0 radical (unpaired) electrons. The van der Waals surface area contributed by atoms with Crippen LogP contribution >= 0.6 is 0 Å². The summed E-state index contributed by atoms with van der Waals surface area (Å²) >= 11 is 0. The second-order valence-electron chi connectivity index (χ2n) is 4.66. The van der Waals surface area contributed by atoms with Gasteiger partial charge in [-0.1, -0.05) is 6.07 Å². The Kier molecular flexibility index (Phi) is 3.91. The largest absolute Gasteiger partial charge is 0.464 e. The fourth-order valence-electron chi connectivity index (χ4n) is 2.18. The van der Waals surface area contributed by atoms with Crippen molar-refractivity contribution in [2.45, 2.75) is 24.8 Å². The average Bonchev–Trinajstić information content (AvgIpc) is 2.72. The monoisotopic (exact) mass is 311 g/mol. The molecule has 0 amide bonds. The minimum absolute atomic E-state index is 0.0710. The molecule has 0 spiro atoms. The van der Waals surface area contributed by atoms with Gasteiger partial charge < -0.3 is 10.5 Å². The van der Waals surface area contributed by atoms with Crippen LogP contribution in [-0.4, -0.2) is 36.8 Å². The van der Waals surface area contributed by atoms with Crippen LogP contribution in [-0.2, 0) is 19.4 Å². The lowest BCUT2D eigenvalue weighted by atomic mass is 10.2. The first-order valence-corrected chi connectivity index (χ1v) is 8.29. The van der Waals surface area contributed by atoms with Crippen molar-refractivity contribution in [2.24, 2.45) is 0 Å². The molecule has 0 aliphatic rings. The van der Waals surface area contributed by atoms with Crippen molar-refractivity contribution in [2.75, 3.05) is 18.6 Å². The molecule has 0 fully saturated rings. The van der Waals surface area contributed by atoms with Crippen LogP contribution in [0.15, 0.2) is 23.1 Å². The van der Waals surface area contributed by atoms with Gasteiger partial charge in [0.25, 0.3) is 0 Å². The molecule has 2 rings (SSSR count). The number of anilines is 1. The number of nitrogens with zero attached hydrogens (tertiary/aromatic N) is 2. The summed E-state index contributed by atoms with van der Waals surface area (Å²) in [4.78, 5) is 16.1. The van der Waals surface area contributed by atoms with E-state index >= 15 is 0 Å². The summed E-state index contributed by atoms with van der Waals surface area (Å²) in [5.74, 6) is -0.380. The van der Waals surface area contributed by atoms with Gasteiger partial charge in [-0.3, -0.25) is 4.57 Å². The lowest BCUT2D eigenvalue weighted by Crippen LogP contribution is -2.20. The van der Waals surface area contributed by atoms with Gasteiger partial charge in [-0.05, 0) is 26.0 Å². The minimum atomic E-state index is -3.44. The number of fused-ring (bicyclic) bond motifs is 1. The van der Waals surface area contributed by atoms with Crippen LogP contribution in [0.1, 0.15) is 19.9 Å². The summed E-state index contributed by atoms with van der Waals surface area (Å²) in [6, 6.07) is 4.03. The van der Waals surface area contributed by atoms with E-state index in [9.17, 15) is 13.2 Å². The zero-order valence-corrected chi connectivity index (χ0v) is 12.8. The SMILES string of the molecule is CCOC(=O)C(C)n1c(N)nc2c(S(C)(=O)=O)cccc21. The summed E-state index contributed by atoms with van der Waals surface area (Å²) in [5, 5.41) is 0. The zero-order chi connectivity index (χ0) is 15.8. The van der Waals surface area contributed by atoms with Gasteiger partial charge >= 0.3 is 5.97 Å². The van der Waals surface area contributed by atoms with Crippen LogP contribution in [0.2, 0.25) is 0 Å². The predicted molar refractivity (Wildman–Crippen MR) is 78.6 cm³/mol. The second-order valence-corrected chi connectivity index (χ2v) is 6.65. The summed E-state index contributed by atoms with van der Waals surface area (Å²) < 4.78 is 30.0. The van der Waals surface area contributed by atoms with E-state index in [0.717, 1.165) is 6.26 Å². The normalized spacial score (nSPS) is 13.3. The molecule has 21 heavy (non-hydrogen) atoms. The predicted octanol–water partition coefficient (Wildman–Crippen LogP) is 1.15. The van der Waals surface area contributed by atoms with Crippen LogP contribution in [0.25, 0.3) is 11.0 Å². The molecule has 0 saturated heterocycles. The number of carbonyl (C=O) groups excluding carboxylic acids is 1. The summed E-state index contributed by atoms with van der Waals surface area (Å²) in [5.41, 5.74) is 6.59. The smallest absolute Gasteiger partial charge is 0.328 e. The van der Waals surface area contributed by atoms with Crippen molar-refractivity contribution in [3.05, 3.63) is 18.2 Å². The van der Waals surface area contributed by atoms with E-state index < -0.39 is 21.8 Å². The highest BCUT2D eigenvalue weighted by molar-refractivity contribution is 7.91. The molecule has 0 bridgehead atoms. The first-order valence-electron chi connectivity index (χ1n) is 6.40.